The number of hydrogen-bond acceptors (Lipinski definition) is 4. The zero-order valence-electron chi connectivity index (χ0n) is 19.3. The topological polar surface area (TPSA) is 67.9 Å². The van der Waals surface area contributed by atoms with Gasteiger partial charge in [0.1, 0.15) is 17.5 Å². The van der Waals surface area contributed by atoms with Gasteiger partial charge in [-0.05, 0) is 61.6 Å². The van der Waals surface area contributed by atoms with Crippen LogP contribution in [-0.4, -0.2) is 42.5 Å². The quantitative estimate of drug-likeness (QED) is 0.606. The summed E-state index contributed by atoms with van der Waals surface area (Å²) in [6.45, 7) is 4.04. The van der Waals surface area contributed by atoms with Crippen molar-refractivity contribution in [2.45, 2.75) is 64.6 Å². The van der Waals surface area contributed by atoms with Gasteiger partial charge in [0.2, 0.25) is 5.91 Å². The first-order chi connectivity index (χ1) is 15.5. The summed E-state index contributed by atoms with van der Waals surface area (Å²) in [4.78, 5) is 27.7. The highest BCUT2D eigenvalue weighted by Gasteiger charge is 2.28. The molecule has 0 aromatic heterocycles. The Hall–Kier alpha value is -3.02. The molecule has 1 aliphatic rings. The number of rotatable bonds is 10. The van der Waals surface area contributed by atoms with E-state index in [0.717, 1.165) is 37.7 Å². The van der Waals surface area contributed by atoms with E-state index >= 15 is 0 Å². The van der Waals surface area contributed by atoms with E-state index in [1.807, 2.05) is 48.5 Å². The number of carbonyl (C=O) groups excluding carboxylic acids is 2. The van der Waals surface area contributed by atoms with Gasteiger partial charge in [-0.2, -0.15) is 0 Å². The summed E-state index contributed by atoms with van der Waals surface area (Å²) in [5, 5.41) is 3.11. The molecule has 3 rings (SSSR count). The first kappa shape index (κ1) is 23.6. The first-order valence-corrected chi connectivity index (χ1v) is 11.4. The number of ether oxygens (including phenoxy) is 2. The lowest BCUT2D eigenvalue weighted by Gasteiger charge is -2.29. The molecule has 0 radical (unpaired) electrons. The molecule has 1 fully saturated rings. The van der Waals surface area contributed by atoms with Crippen molar-refractivity contribution >= 4 is 11.8 Å². The standard InChI is InChI=1S/C26H34N2O4/c1-4-20-12-14-23(15-13-20)32-18-25(29)28(17-21-8-7-11-24(16-21)31-3)19(2)26(30)27-22-9-5-6-10-22/h7-8,11-16,19,22H,4-6,9-10,17-18H2,1-3H3,(H,27,30). The number of nitrogens with one attached hydrogen (secondary N) is 1. The normalized spacial score (nSPS) is 14.6. The Kier molecular flexibility index (Phi) is 8.54. The number of methoxy groups -OCH3 is 1. The second-order valence-corrected chi connectivity index (χ2v) is 8.33. The molecule has 0 heterocycles. The molecule has 32 heavy (non-hydrogen) atoms. The van der Waals surface area contributed by atoms with Crippen molar-refractivity contribution in [3.05, 3.63) is 59.7 Å². The van der Waals surface area contributed by atoms with Crippen molar-refractivity contribution < 1.29 is 19.1 Å². The van der Waals surface area contributed by atoms with Gasteiger partial charge in [0.25, 0.3) is 5.91 Å². The van der Waals surface area contributed by atoms with E-state index < -0.39 is 6.04 Å². The summed E-state index contributed by atoms with van der Waals surface area (Å²) >= 11 is 0. The van der Waals surface area contributed by atoms with Crippen LogP contribution in [-0.2, 0) is 22.6 Å². The van der Waals surface area contributed by atoms with Crippen molar-refractivity contribution in [1.82, 2.24) is 10.2 Å². The van der Waals surface area contributed by atoms with Crippen molar-refractivity contribution in [3.63, 3.8) is 0 Å². The van der Waals surface area contributed by atoms with Crippen LogP contribution in [0.3, 0.4) is 0 Å². The minimum absolute atomic E-state index is 0.125. The van der Waals surface area contributed by atoms with Gasteiger partial charge in [-0.25, -0.2) is 0 Å². The summed E-state index contributed by atoms with van der Waals surface area (Å²) in [6.07, 6.45) is 5.21. The van der Waals surface area contributed by atoms with Crippen molar-refractivity contribution in [2.75, 3.05) is 13.7 Å². The van der Waals surface area contributed by atoms with Gasteiger partial charge in [0.15, 0.2) is 6.61 Å². The highest BCUT2D eigenvalue weighted by atomic mass is 16.5. The maximum atomic E-state index is 13.2. The first-order valence-electron chi connectivity index (χ1n) is 11.4. The second kappa shape index (κ2) is 11.6. The van der Waals surface area contributed by atoms with E-state index in [1.54, 1.807) is 18.9 Å². The number of hydrogen-bond donors (Lipinski definition) is 1. The van der Waals surface area contributed by atoms with E-state index in [9.17, 15) is 9.59 Å². The Morgan fingerprint density at radius 3 is 2.44 bits per heavy atom. The van der Waals surface area contributed by atoms with Gasteiger partial charge in [0, 0.05) is 12.6 Å². The molecule has 0 saturated heterocycles. The SMILES string of the molecule is CCc1ccc(OCC(=O)N(Cc2cccc(OC)c2)C(C)C(=O)NC2CCCC2)cc1. The highest BCUT2D eigenvalue weighted by Crippen LogP contribution is 2.20. The molecule has 0 aliphatic heterocycles. The smallest absolute Gasteiger partial charge is 0.261 e. The lowest BCUT2D eigenvalue weighted by Crippen LogP contribution is -2.50. The zero-order valence-corrected chi connectivity index (χ0v) is 19.3. The molecule has 6 nitrogen and oxygen atoms in total. The number of aryl methyl sites for hydroxylation is 1. The molecule has 1 aliphatic carbocycles. The molecule has 2 amide bonds. The van der Waals surface area contributed by atoms with Gasteiger partial charge >= 0.3 is 0 Å². The molecule has 1 saturated carbocycles. The van der Waals surface area contributed by atoms with Crippen LogP contribution < -0.4 is 14.8 Å². The number of nitrogens with zero attached hydrogens (tertiary/aromatic N) is 1. The molecule has 1 unspecified atom stereocenters. The summed E-state index contributed by atoms with van der Waals surface area (Å²) in [5.41, 5.74) is 2.10. The van der Waals surface area contributed by atoms with E-state index in [1.165, 1.54) is 5.56 Å². The van der Waals surface area contributed by atoms with Crippen LogP contribution in [0.15, 0.2) is 48.5 Å². The van der Waals surface area contributed by atoms with Gasteiger partial charge in [0.05, 0.1) is 7.11 Å². The summed E-state index contributed by atoms with van der Waals surface area (Å²) in [5.74, 6) is 0.993. The van der Waals surface area contributed by atoms with Crippen LogP contribution in [0.2, 0.25) is 0 Å². The van der Waals surface area contributed by atoms with Crippen molar-refractivity contribution in [3.8, 4) is 11.5 Å². The number of amides is 2. The third kappa shape index (κ3) is 6.49. The van der Waals surface area contributed by atoms with Gasteiger partial charge < -0.3 is 19.7 Å². The van der Waals surface area contributed by atoms with Crippen LogP contribution >= 0.6 is 0 Å². The van der Waals surface area contributed by atoms with Crippen molar-refractivity contribution in [1.29, 1.82) is 0 Å². The second-order valence-electron chi connectivity index (χ2n) is 8.33. The molecule has 1 N–H and O–H groups in total. The fourth-order valence-electron chi connectivity index (χ4n) is 3.99. The molecule has 6 heteroatoms. The Bertz CT molecular complexity index is 891. The van der Waals surface area contributed by atoms with E-state index in [2.05, 4.69) is 12.2 Å². The van der Waals surface area contributed by atoms with Crippen LogP contribution in [0.1, 0.15) is 50.7 Å². The third-order valence-electron chi connectivity index (χ3n) is 6.05. The molecule has 1 atom stereocenters. The highest BCUT2D eigenvalue weighted by molar-refractivity contribution is 5.88. The Labute approximate surface area is 190 Å². The van der Waals surface area contributed by atoms with Crippen molar-refractivity contribution in [2.24, 2.45) is 0 Å². The Morgan fingerprint density at radius 1 is 1.06 bits per heavy atom. The molecule has 2 aromatic carbocycles. The molecule has 172 valence electrons. The van der Waals surface area contributed by atoms with Gasteiger partial charge in [-0.1, -0.05) is 44.0 Å². The summed E-state index contributed by atoms with van der Waals surface area (Å²) < 4.78 is 11.1. The third-order valence-corrected chi connectivity index (χ3v) is 6.05. The number of carbonyl (C=O) groups is 2. The fraction of sp³-hybridized carbons (Fsp3) is 0.462. The predicted molar refractivity (Wildman–Crippen MR) is 125 cm³/mol. The van der Waals surface area contributed by atoms with Gasteiger partial charge in [-0.15, -0.1) is 0 Å². The fourth-order valence-corrected chi connectivity index (χ4v) is 3.99. The van der Waals surface area contributed by atoms with Crippen LogP contribution in [0.4, 0.5) is 0 Å². The van der Waals surface area contributed by atoms with Crippen LogP contribution in [0.5, 0.6) is 11.5 Å². The Balaban J connectivity index is 1.71. The maximum Gasteiger partial charge on any atom is 0.261 e. The minimum Gasteiger partial charge on any atom is -0.497 e. The molecule has 0 spiro atoms. The lowest BCUT2D eigenvalue weighted by atomic mass is 10.1. The monoisotopic (exact) mass is 438 g/mol. The van der Waals surface area contributed by atoms with Crippen LogP contribution in [0.25, 0.3) is 0 Å². The molecule has 2 aromatic rings. The molecule has 0 bridgehead atoms. The lowest BCUT2D eigenvalue weighted by molar-refractivity contribution is -0.142. The minimum atomic E-state index is -0.611. The molecular formula is C26H34N2O4. The maximum absolute atomic E-state index is 13.2. The zero-order chi connectivity index (χ0) is 22.9. The van der Waals surface area contributed by atoms with E-state index in [4.69, 9.17) is 9.47 Å². The van der Waals surface area contributed by atoms with Gasteiger partial charge in [-0.3, -0.25) is 9.59 Å². The van der Waals surface area contributed by atoms with Crippen LogP contribution in [0, 0.1) is 0 Å². The van der Waals surface area contributed by atoms with E-state index in [-0.39, 0.29) is 24.5 Å². The Morgan fingerprint density at radius 2 is 1.78 bits per heavy atom. The predicted octanol–water partition coefficient (Wildman–Crippen LogP) is 4.11. The van der Waals surface area contributed by atoms with E-state index in [0.29, 0.717) is 18.0 Å². The summed E-state index contributed by atoms with van der Waals surface area (Å²) in [7, 11) is 1.61. The number of benzene rings is 2. The average Bonchev–Trinajstić information content (AvgIpc) is 3.34. The molecular weight excluding hydrogens is 404 g/mol. The average molecular weight is 439 g/mol. The largest absolute Gasteiger partial charge is 0.497 e. The summed E-state index contributed by atoms with van der Waals surface area (Å²) in [6, 6.07) is 14.9.